The molecule has 0 bridgehead atoms. The lowest BCUT2D eigenvalue weighted by Gasteiger charge is -2.35. The molecule has 1 saturated heterocycles. The van der Waals surface area contributed by atoms with Gasteiger partial charge in [-0.25, -0.2) is 0 Å². The van der Waals surface area contributed by atoms with E-state index in [4.69, 9.17) is 0 Å². The van der Waals surface area contributed by atoms with Crippen molar-refractivity contribution in [3.8, 4) is 0 Å². The van der Waals surface area contributed by atoms with E-state index in [-0.39, 0.29) is 11.8 Å². The number of hydrogen-bond acceptors (Lipinski definition) is 4. The van der Waals surface area contributed by atoms with Crippen molar-refractivity contribution in [3.63, 3.8) is 0 Å². The molecule has 0 saturated carbocycles. The Hall–Kier alpha value is -1.92. The van der Waals surface area contributed by atoms with Gasteiger partial charge >= 0.3 is 0 Å². The highest BCUT2D eigenvalue weighted by Crippen LogP contribution is 2.27. The third-order valence-electron chi connectivity index (χ3n) is 4.60. The Morgan fingerprint density at radius 2 is 1.78 bits per heavy atom. The summed E-state index contributed by atoms with van der Waals surface area (Å²) >= 11 is 0. The highest BCUT2D eigenvalue weighted by Gasteiger charge is 2.27. The number of benzene rings is 1. The van der Waals surface area contributed by atoms with E-state index in [0.29, 0.717) is 26.2 Å². The fourth-order valence-electron chi connectivity index (χ4n) is 3.29. The van der Waals surface area contributed by atoms with Crippen LogP contribution in [0.2, 0.25) is 0 Å². The van der Waals surface area contributed by atoms with E-state index in [2.05, 4.69) is 16.3 Å². The van der Waals surface area contributed by atoms with E-state index in [1.54, 1.807) is 7.05 Å². The first kappa shape index (κ1) is 16.0. The summed E-state index contributed by atoms with van der Waals surface area (Å²) < 4.78 is 0. The molecule has 0 radical (unpaired) electrons. The highest BCUT2D eigenvalue weighted by molar-refractivity contribution is 5.96. The SMILES string of the molecule is CNCC(=O)N1CCN(CC(=O)N2CCc3ccccc32)CC1. The molecule has 6 heteroatoms. The summed E-state index contributed by atoms with van der Waals surface area (Å²) in [6.07, 6.45) is 0.939. The van der Waals surface area contributed by atoms with E-state index in [0.717, 1.165) is 31.7 Å². The minimum atomic E-state index is 0.131. The number of hydrogen-bond donors (Lipinski definition) is 1. The summed E-state index contributed by atoms with van der Waals surface area (Å²) in [4.78, 5) is 30.3. The van der Waals surface area contributed by atoms with Gasteiger partial charge in [0.2, 0.25) is 11.8 Å². The number of amides is 2. The Kier molecular flexibility index (Phi) is 4.93. The topological polar surface area (TPSA) is 55.9 Å². The third-order valence-corrected chi connectivity index (χ3v) is 4.60. The Bertz CT molecular complexity index is 582. The number of carbonyl (C=O) groups is 2. The molecule has 0 atom stereocenters. The maximum atomic E-state index is 12.6. The van der Waals surface area contributed by atoms with Crippen LogP contribution in [0.3, 0.4) is 0 Å². The first-order valence-electron chi connectivity index (χ1n) is 8.22. The normalized spacial score (nSPS) is 18.1. The standard InChI is InChI=1S/C17H24N4O2/c1-18-12-16(22)20-10-8-19(9-11-20)13-17(23)21-7-6-14-4-2-3-5-15(14)21/h2-5,18H,6-13H2,1H3. The van der Waals surface area contributed by atoms with Crippen LogP contribution >= 0.6 is 0 Å². The molecular formula is C17H24N4O2. The predicted octanol–water partition coefficient (Wildman–Crippen LogP) is -0.0607. The number of anilines is 1. The Labute approximate surface area is 137 Å². The fraction of sp³-hybridized carbons (Fsp3) is 0.529. The van der Waals surface area contributed by atoms with Crippen molar-refractivity contribution in [1.29, 1.82) is 0 Å². The van der Waals surface area contributed by atoms with Gasteiger partial charge in [0.25, 0.3) is 0 Å². The predicted molar refractivity (Wildman–Crippen MR) is 89.4 cm³/mol. The number of nitrogens with zero attached hydrogens (tertiary/aromatic N) is 3. The van der Waals surface area contributed by atoms with Gasteiger partial charge in [-0.05, 0) is 25.1 Å². The van der Waals surface area contributed by atoms with Crippen LogP contribution in [-0.4, -0.2) is 74.5 Å². The lowest BCUT2D eigenvalue weighted by Crippen LogP contribution is -2.52. The number of para-hydroxylation sites is 1. The smallest absolute Gasteiger partial charge is 0.241 e. The van der Waals surface area contributed by atoms with Crippen LogP contribution in [0.1, 0.15) is 5.56 Å². The number of nitrogens with one attached hydrogen (secondary N) is 1. The highest BCUT2D eigenvalue weighted by atomic mass is 16.2. The number of carbonyl (C=O) groups excluding carboxylic acids is 2. The molecule has 124 valence electrons. The molecule has 2 heterocycles. The summed E-state index contributed by atoms with van der Waals surface area (Å²) in [5.41, 5.74) is 2.31. The van der Waals surface area contributed by atoms with Crippen LogP contribution in [0.5, 0.6) is 0 Å². The van der Waals surface area contributed by atoms with Gasteiger partial charge in [0.05, 0.1) is 13.1 Å². The quantitative estimate of drug-likeness (QED) is 0.845. The maximum absolute atomic E-state index is 12.6. The molecule has 0 spiro atoms. The molecule has 3 rings (SSSR count). The van der Waals surface area contributed by atoms with E-state index < -0.39 is 0 Å². The summed E-state index contributed by atoms with van der Waals surface area (Å²) in [5, 5.41) is 2.89. The summed E-state index contributed by atoms with van der Waals surface area (Å²) in [6, 6.07) is 8.12. The molecule has 2 aliphatic rings. The minimum absolute atomic E-state index is 0.131. The monoisotopic (exact) mass is 316 g/mol. The molecule has 1 N–H and O–H groups in total. The zero-order valence-electron chi connectivity index (χ0n) is 13.6. The van der Waals surface area contributed by atoms with E-state index in [9.17, 15) is 9.59 Å². The molecule has 0 unspecified atom stereocenters. The van der Waals surface area contributed by atoms with Crippen molar-refractivity contribution in [2.45, 2.75) is 6.42 Å². The van der Waals surface area contributed by atoms with E-state index >= 15 is 0 Å². The molecule has 6 nitrogen and oxygen atoms in total. The van der Waals surface area contributed by atoms with Crippen LogP contribution in [0, 0.1) is 0 Å². The van der Waals surface area contributed by atoms with Crippen molar-refractivity contribution < 1.29 is 9.59 Å². The van der Waals surface area contributed by atoms with Gasteiger partial charge in [-0.2, -0.15) is 0 Å². The summed E-state index contributed by atoms with van der Waals surface area (Å²) in [7, 11) is 1.78. The molecule has 2 aliphatic heterocycles. The first-order chi connectivity index (χ1) is 11.2. The van der Waals surface area contributed by atoms with Crippen molar-refractivity contribution in [1.82, 2.24) is 15.1 Å². The zero-order chi connectivity index (χ0) is 16.2. The molecular weight excluding hydrogens is 292 g/mol. The van der Waals surface area contributed by atoms with Crippen LogP contribution in [-0.2, 0) is 16.0 Å². The Morgan fingerprint density at radius 3 is 2.52 bits per heavy atom. The number of likely N-dealkylation sites (N-methyl/N-ethyl adjacent to an activating group) is 1. The van der Waals surface area contributed by atoms with Gasteiger partial charge < -0.3 is 15.1 Å². The summed E-state index contributed by atoms with van der Waals surface area (Å²) in [6.45, 7) is 4.51. The van der Waals surface area contributed by atoms with Crippen molar-refractivity contribution >= 4 is 17.5 Å². The molecule has 0 aliphatic carbocycles. The first-order valence-corrected chi connectivity index (χ1v) is 8.22. The average Bonchev–Trinajstić information content (AvgIpc) is 3.00. The lowest BCUT2D eigenvalue weighted by molar-refractivity contribution is -0.132. The van der Waals surface area contributed by atoms with Gasteiger partial charge in [-0.1, -0.05) is 18.2 Å². The van der Waals surface area contributed by atoms with Crippen molar-refractivity contribution in [3.05, 3.63) is 29.8 Å². The van der Waals surface area contributed by atoms with Gasteiger partial charge in [0.1, 0.15) is 0 Å². The maximum Gasteiger partial charge on any atom is 0.241 e. The lowest BCUT2D eigenvalue weighted by atomic mass is 10.2. The Balaban J connectivity index is 1.52. The Morgan fingerprint density at radius 1 is 1.04 bits per heavy atom. The molecule has 0 aromatic heterocycles. The molecule has 1 fully saturated rings. The van der Waals surface area contributed by atoms with Gasteiger partial charge in [-0.15, -0.1) is 0 Å². The molecule has 2 amide bonds. The third kappa shape index (κ3) is 3.54. The molecule has 1 aromatic carbocycles. The number of piperazine rings is 1. The second-order valence-corrected chi connectivity index (χ2v) is 6.11. The van der Waals surface area contributed by atoms with E-state index in [1.165, 1.54) is 5.56 Å². The molecule has 1 aromatic rings. The van der Waals surface area contributed by atoms with Gasteiger partial charge in [0, 0.05) is 38.4 Å². The zero-order valence-corrected chi connectivity index (χ0v) is 13.6. The molecule has 23 heavy (non-hydrogen) atoms. The van der Waals surface area contributed by atoms with Crippen LogP contribution in [0.25, 0.3) is 0 Å². The van der Waals surface area contributed by atoms with Crippen LogP contribution < -0.4 is 10.2 Å². The van der Waals surface area contributed by atoms with Crippen LogP contribution in [0.4, 0.5) is 5.69 Å². The number of fused-ring (bicyclic) bond motifs is 1. The van der Waals surface area contributed by atoms with E-state index in [1.807, 2.05) is 28.0 Å². The largest absolute Gasteiger partial charge is 0.339 e. The van der Waals surface area contributed by atoms with Crippen molar-refractivity contribution in [2.24, 2.45) is 0 Å². The average molecular weight is 316 g/mol. The van der Waals surface area contributed by atoms with Gasteiger partial charge in [0.15, 0.2) is 0 Å². The number of rotatable bonds is 4. The minimum Gasteiger partial charge on any atom is -0.339 e. The second-order valence-electron chi connectivity index (χ2n) is 6.11. The second kappa shape index (κ2) is 7.10. The van der Waals surface area contributed by atoms with Gasteiger partial charge in [-0.3, -0.25) is 14.5 Å². The summed E-state index contributed by atoms with van der Waals surface area (Å²) in [5.74, 6) is 0.289. The fourth-order valence-corrected chi connectivity index (χ4v) is 3.29. The van der Waals surface area contributed by atoms with Crippen molar-refractivity contribution in [2.75, 3.05) is 57.8 Å². The van der Waals surface area contributed by atoms with Crippen LogP contribution in [0.15, 0.2) is 24.3 Å².